The van der Waals surface area contributed by atoms with Crippen molar-refractivity contribution >= 4 is 23.4 Å². The van der Waals surface area contributed by atoms with Crippen LogP contribution < -0.4 is 0 Å². The molecule has 0 rings (SSSR count). The Balaban J connectivity index is 4.30. The molecule has 0 aromatic heterocycles. The van der Waals surface area contributed by atoms with E-state index in [0.29, 0.717) is 0 Å². The third-order valence-electron chi connectivity index (χ3n) is 1.13. The molecule has 0 atom stereocenters. The molecule has 0 saturated heterocycles. The summed E-state index contributed by atoms with van der Waals surface area (Å²) in [6.45, 7) is 0.865. The van der Waals surface area contributed by atoms with Crippen LogP contribution in [0.25, 0.3) is 0 Å². The van der Waals surface area contributed by atoms with Crippen LogP contribution in [0.2, 0.25) is 0 Å². The van der Waals surface area contributed by atoms with Crippen LogP contribution in [0, 0.1) is 0 Å². The summed E-state index contributed by atoms with van der Waals surface area (Å²) in [5.41, 5.74) is -0.610. The molecular formula is C7H9NO5. The summed E-state index contributed by atoms with van der Waals surface area (Å²) in [6, 6.07) is 0. The lowest BCUT2D eigenvalue weighted by Crippen LogP contribution is -2.21. The summed E-state index contributed by atoms with van der Waals surface area (Å²) in [6.07, 6.45) is -0.288. The first-order valence-electron chi connectivity index (χ1n) is 3.45. The van der Waals surface area contributed by atoms with Crippen LogP contribution in [-0.4, -0.2) is 40.2 Å². The number of ketones is 1. The maximum absolute atomic E-state index is 10.6. The van der Waals surface area contributed by atoms with Gasteiger partial charge in [0, 0.05) is 6.92 Å². The van der Waals surface area contributed by atoms with Gasteiger partial charge in [-0.1, -0.05) is 0 Å². The molecule has 0 fully saturated rings. The van der Waals surface area contributed by atoms with Gasteiger partial charge in [-0.25, -0.2) is 4.79 Å². The highest BCUT2D eigenvalue weighted by atomic mass is 16.4. The Hall–Kier alpha value is -1.72. The van der Waals surface area contributed by atoms with Gasteiger partial charge in [0.25, 0.3) is 0 Å². The van der Waals surface area contributed by atoms with E-state index in [1.807, 2.05) is 0 Å². The lowest BCUT2D eigenvalue weighted by Gasteiger charge is -1.94. The molecule has 13 heavy (non-hydrogen) atoms. The van der Waals surface area contributed by atoms with E-state index < -0.39 is 23.4 Å². The zero-order valence-corrected chi connectivity index (χ0v) is 6.98. The van der Waals surface area contributed by atoms with Crippen molar-refractivity contribution < 1.29 is 24.6 Å². The number of rotatable bonds is 5. The first-order valence-corrected chi connectivity index (χ1v) is 3.45. The molecule has 0 saturated carbocycles. The van der Waals surface area contributed by atoms with Crippen LogP contribution >= 0.6 is 0 Å². The molecule has 0 spiro atoms. The minimum absolute atomic E-state index is 0.198. The van der Waals surface area contributed by atoms with Gasteiger partial charge in [-0.15, -0.1) is 0 Å². The Morgan fingerprint density at radius 1 is 1.23 bits per heavy atom. The zero-order chi connectivity index (χ0) is 10.4. The van der Waals surface area contributed by atoms with Crippen LogP contribution in [0.1, 0.15) is 13.3 Å². The molecule has 72 valence electrons. The van der Waals surface area contributed by atoms with E-state index >= 15 is 0 Å². The number of aliphatic imine (C=N–C) groups is 1. The van der Waals surface area contributed by atoms with Gasteiger partial charge in [-0.05, 0) is 0 Å². The predicted molar refractivity (Wildman–Crippen MR) is 42.9 cm³/mol. The topological polar surface area (TPSA) is 104 Å². The fraction of sp³-hybridized carbons (Fsp3) is 0.429. The molecule has 6 nitrogen and oxygen atoms in total. The number of hydrogen-bond donors (Lipinski definition) is 2. The molecular weight excluding hydrogens is 178 g/mol. The molecule has 0 amide bonds. The first-order chi connectivity index (χ1) is 5.95. The zero-order valence-electron chi connectivity index (χ0n) is 6.98. The van der Waals surface area contributed by atoms with Crippen LogP contribution in [0.5, 0.6) is 0 Å². The average Bonchev–Trinajstić information content (AvgIpc) is 1.95. The van der Waals surface area contributed by atoms with E-state index in [2.05, 4.69) is 4.99 Å². The molecule has 0 heterocycles. The van der Waals surface area contributed by atoms with Gasteiger partial charge in [0.2, 0.25) is 0 Å². The predicted octanol–water partition coefficient (Wildman–Crippen LogP) is -0.424. The van der Waals surface area contributed by atoms with E-state index in [-0.39, 0.29) is 13.0 Å². The normalized spacial score (nSPS) is 11.0. The van der Waals surface area contributed by atoms with Crippen molar-refractivity contribution in [1.82, 2.24) is 0 Å². The van der Waals surface area contributed by atoms with Crippen molar-refractivity contribution in [2.45, 2.75) is 13.3 Å². The van der Waals surface area contributed by atoms with Crippen LogP contribution in [0.4, 0.5) is 0 Å². The van der Waals surface area contributed by atoms with Crippen molar-refractivity contribution in [3.05, 3.63) is 0 Å². The summed E-state index contributed by atoms with van der Waals surface area (Å²) in [5, 5.41) is 16.6. The van der Waals surface area contributed by atoms with E-state index in [1.165, 1.54) is 0 Å². The number of nitrogens with zero attached hydrogens (tertiary/aromatic N) is 1. The van der Waals surface area contributed by atoms with Crippen LogP contribution in [0.3, 0.4) is 0 Å². The third-order valence-corrected chi connectivity index (χ3v) is 1.13. The van der Waals surface area contributed by atoms with Crippen molar-refractivity contribution in [2.24, 2.45) is 4.99 Å². The van der Waals surface area contributed by atoms with E-state index in [1.54, 1.807) is 0 Å². The first kappa shape index (κ1) is 11.3. The number of hydrogen-bond acceptors (Lipinski definition) is 4. The highest BCUT2D eigenvalue weighted by molar-refractivity contribution is 6.63. The van der Waals surface area contributed by atoms with Gasteiger partial charge >= 0.3 is 11.9 Å². The summed E-state index contributed by atoms with van der Waals surface area (Å²) in [4.78, 5) is 34.3. The van der Waals surface area contributed by atoms with Gasteiger partial charge in [-0.3, -0.25) is 14.6 Å². The standard InChI is InChI=1S/C7H9NO5/c1-4(9)6(7(12)13)8-3-2-5(10)11/h2-3H2,1H3,(H,10,11)(H,12,13). The van der Waals surface area contributed by atoms with Crippen LogP contribution in [0.15, 0.2) is 4.99 Å². The number of carbonyl (C=O) groups is 3. The largest absolute Gasteiger partial charge is 0.481 e. The van der Waals surface area contributed by atoms with Gasteiger partial charge in [-0.2, -0.15) is 0 Å². The van der Waals surface area contributed by atoms with Crippen molar-refractivity contribution in [1.29, 1.82) is 0 Å². The smallest absolute Gasteiger partial charge is 0.357 e. The fourth-order valence-corrected chi connectivity index (χ4v) is 0.593. The summed E-state index contributed by atoms with van der Waals surface area (Å²) < 4.78 is 0. The Morgan fingerprint density at radius 3 is 2.08 bits per heavy atom. The SMILES string of the molecule is CC(=O)C(=NCCC(=O)O)C(=O)O. The van der Waals surface area contributed by atoms with Gasteiger partial charge in [0.05, 0.1) is 13.0 Å². The van der Waals surface area contributed by atoms with E-state index in [4.69, 9.17) is 10.2 Å². The Morgan fingerprint density at radius 2 is 1.77 bits per heavy atom. The molecule has 2 N–H and O–H groups in total. The summed E-state index contributed by atoms with van der Waals surface area (Å²) in [5.74, 6) is -3.20. The minimum atomic E-state index is -1.43. The van der Waals surface area contributed by atoms with Gasteiger partial charge < -0.3 is 10.2 Å². The van der Waals surface area contributed by atoms with E-state index in [0.717, 1.165) is 6.92 Å². The quantitative estimate of drug-likeness (QED) is 0.449. The van der Waals surface area contributed by atoms with Crippen molar-refractivity contribution in [2.75, 3.05) is 6.54 Å². The lowest BCUT2D eigenvalue weighted by atomic mass is 10.2. The van der Waals surface area contributed by atoms with Crippen molar-refractivity contribution in [3.63, 3.8) is 0 Å². The maximum Gasteiger partial charge on any atom is 0.357 e. The van der Waals surface area contributed by atoms with E-state index in [9.17, 15) is 14.4 Å². The highest BCUT2D eigenvalue weighted by Gasteiger charge is 2.14. The number of carboxylic acid groups (broad SMARTS) is 2. The number of aliphatic carboxylic acids is 2. The van der Waals surface area contributed by atoms with Gasteiger partial charge in [0.1, 0.15) is 0 Å². The molecule has 0 aliphatic carbocycles. The van der Waals surface area contributed by atoms with Gasteiger partial charge in [0.15, 0.2) is 11.5 Å². The molecule has 0 bridgehead atoms. The Kier molecular flexibility index (Phi) is 4.36. The Labute approximate surface area is 73.9 Å². The average molecular weight is 187 g/mol. The van der Waals surface area contributed by atoms with Crippen molar-refractivity contribution in [3.8, 4) is 0 Å². The summed E-state index contributed by atoms with van der Waals surface area (Å²) in [7, 11) is 0. The second kappa shape index (κ2) is 5.02. The molecule has 6 heteroatoms. The number of carbonyl (C=O) groups excluding carboxylic acids is 1. The number of Topliss-reactive ketones (excluding diaryl/α,β-unsaturated/α-hetero) is 1. The highest BCUT2D eigenvalue weighted by Crippen LogP contribution is 1.87. The number of carboxylic acids is 2. The molecule has 0 unspecified atom stereocenters. The lowest BCUT2D eigenvalue weighted by molar-refractivity contribution is -0.137. The molecule has 0 radical (unpaired) electrons. The fourth-order valence-electron chi connectivity index (χ4n) is 0.593. The second-order valence-corrected chi connectivity index (χ2v) is 2.24. The third kappa shape index (κ3) is 4.67. The van der Waals surface area contributed by atoms with Crippen LogP contribution in [-0.2, 0) is 14.4 Å². The molecule has 0 aromatic rings. The summed E-state index contributed by atoms with van der Waals surface area (Å²) >= 11 is 0. The molecule has 0 aliphatic rings. The maximum atomic E-state index is 10.6. The molecule has 0 aromatic carbocycles. The monoisotopic (exact) mass is 187 g/mol. The molecule has 0 aliphatic heterocycles. The minimum Gasteiger partial charge on any atom is -0.481 e. The Bertz CT molecular complexity index is 252. The second-order valence-electron chi connectivity index (χ2n) is 2.24.